The number of hydrogen-bond donors (Lipinski definition) is 1. The zero-order chi connectivity index (χ0) is 20.5. The van der Waals surface area contributed by atoms with Gasteiger partial charge >= 0.3 is 0 Å². The predicted octanol–water partition coefficient (Wildman–Crippen LogP) is 3.08. The number of nitrogens with one attached hydrogen (secondary N) is 1. The second-order valence-electron chi connectivity index (χ2n) is 7.61. The van der Waals surface area contributed by atoms with E-state index in [-0.39, 0.29) is 5.91 Å². The van der Waals surface area contributed by atoms with E-state index in [0.29, 0.717) is 19.4 Å². The number of amides is 1. The van der Waals surface area contributed by atoms with Gasteiger partial charge in [0.1, 0.15) is 5.75 Å². The molecule has 0 radical (unpaired) electrons. The van der Waals surface area contributed by atoms with Crippen LogP contribution in [0.25, 0.3) is 0 Å². The molecular weight excluding hydrogens is 362 g/mol. The largest absolute Gasteiger partial charge is 0.497 e. The minimum Gasteiger partial charge on any atom is -0.497 e. The Labute approximate surface area is 174 Å². The molecule has 0 unspecified atom stereocenters. The van der Waals surface area contributed by atoms with Crippen molar-refractivity contribution in [3.05, 3.63) is 65.2 Å². The first-order chi connectivity index (χ1) is 14.2. The maximum Gasteiger partial charge on any atom is 0.220 e. The molecule has 1 N–H and O–H groups in total. The van der Waals surface area contributed by atoms with Crippen molar-refractivity contribution in [2.45, 2.75) is 32.9 Å². The maximum atomic E-state index is 12.4. The van der Waals surface area contributed by atoms with Crippen LogP contribution in [-0.2, 0) is 24.3 Å². The molecule has 0 bridgehead atoms. The molecule has 0 spiro atoms. The van der Waals surface area contributed by atoms with Gasteiger partial charge in [0, 0.05) is 45.7 Å². The number of methoxy groups -OCH3 is 1. The van der Waals surface area contributed by atoms with E-state index in [1.165, 1.54) is 11.1 Å². The smallest absolute Gasteiger partial charge is 0.220 e. The van der Waals surface area contributed by atoms with E-state index in [1.807, 2.05) is 24.3 Å². The number of ether oxygens (including phenoxy) is 1. The van der Waals surface area contributed by atoms with Crippen LogP contribution in [0.5, 0.6) is 5.75 Å². The van der Waals surface area contributed by atoms with Gasteiger partial charge in [-0.2, -0.15) is 0 Å². The first-order valence-corrected chi connectivity index (χ1v) is 10.6. The van der Waals surface area contributed by atoms with Gasteiger partial charge in [-0.1, -0.05) is 43.3 Å². The molecule has 3 rings (SSSR count). The van der Waals surface area contributed by atoms with Crippen LogP contribution in [-0.4, -0.2) is 55.5 Å². The van der Waals surface area contributed by atoms with E-state index in [1.54, 1.807) is 7.11 Å². The Hall–Kier alpha value is -2.37. The molecule has 5 nitrogen and oxygen atoms in total. The normalized spacial score (nSPS) is 15.2. The van der Waals surface area contributed by atoms with Crippen LogP contribution in [0.1, 0.15) is 30.0 Å². The number of benzene rings is 2. The fourth-order valence-electron chi connectivity index (χ4n) is 3.76. The highest BCUT2D eigenvalue weighted by molar-refractivity contribution is 5.76. The quantitative estimate of drug-likeness (QED) is 0.709. The first kappa shape index (κ1) is 21.3. The van der Waals surface area contributed by atoms with Gasteiger partial charge in [-0.05, 0) is 41.8 Å². The minimum absolute atomic E-state index is 0.0826. The lowest BCUT2D eigenvalue weighted by Crippen LogP contribution is -2.45. The van der Waals surface area contributed by atoms with Crippen molar-refractivity contribution in [2.24, 2.45) is 0 Å². The summed E-state index contributed by atoms with van der Waals surface area (Å²) in [5.41, 5.74) is 3.64. The van der Waals surface area contributed by atoms with Crippen molar-refractivity contribution >= 4 is 5.91 Å². The average Bonchev–Trinajstić information content (AvgIpc) is 2.77. The van der Waals surface area contributed by atoms with Gasteiger partial charge in [0.2, 0.25) is 5.91 Å². The fourth-order valence-corrected chi connectivity index (χ4v) is 3.76. The molecule has 1 saturated heterocycles. The van der Waals surface area contributed by atoms with E-state index < -0.39 is 0 Å². The van der Waals surface area contributed by atoms with E-state index in [9.17, 15) is 4.79 Å². The van der Waals surface area contributed by atoms with Gasteiger partial charge < -0.3 is 15.0 Å². The van der Waals surface area contributed by atoms with E-state index in [2.05, 4.69) is 46.3 Å². The Morgan fingerprint density at radius 2 is 1.72 bits per heavy atom. The van der Waals surface area contributed by atoms with Crippen LogP contribution in [0.15, 0.2) is 48.5 Å². The summed E-state index contributed by atoms with van der Waals surface area (Å²) < 4.78 is 5.25. The number of nitrogens with zero attached hydrogens (tertiary/aromatic N) is 2. The molecule has 2 aromatic rings. The monoisotopic (exact) mass is 395 g/mol. The van der Waals surface area contributed by atoms with E-state index in [4.69, 9.17) is 4.74 Å². The average molecular weight is 396 g/mol. The Morgan fingerprint density at radius 3 is 2.45 bits per heavy atom. The molecule has 5 heteroatoms. The number of hydrogen-bond acceptors (Lipinski definition) is 4. The third kappa shape index (κ3) is 6.58. The summed E-state index contributed by atoms with van der Waals surface area (Å²) in [5, 5.41) is 3.09. The van der Waals surface area contributed by atoms with Crippen LogP contribution in [0.2, 0.25) is 0 Å². The summed E-state index contributed by atoms with van der Waals surface area (Å²) in [6, 6.07) is 16.3. The number of rotatable bonds is 9. The second kappa shape index (κ2) is 11.0. The van der Waals surface area contributed by atoms with E-state index in [0.717, 1.165) is 50.6 Å². The van der Waals surface area contributed by atoms with Crippen LogP contribution in [0.3, 0.4) is 0 Å². The van der Waals surface area contributed by atoms with Crippen molar-refractivity contribution in [3.8, 4) is 5.75 Å². The van der Waals surface area contributed by atoms with Gasteiger partial charge in [-0.15, -0.1) is 0 Å². The molecule has 1 fully saturated rings. The van der Waals surface area contributed by atoms with Gasteiger partial charge in [0.05, 0.1) is 7.11 Å². The summed E-state index contributed by atoms with van der Waals surface area (Å²) in [6.07, 6.45) is 1.20. The summed E-state index contributed by atoms with van der Waals surface area (Å²) in [6.45, 7) is 9.38. The number of likely N-dealkylation sites (N-methyl/N-ethyl adjacent to an activating group) is 1. The first-order valence-electron chi connectivity index (χ1n) is 10.6. The summed E-state index contributed by atoms with van der Waals surface area (Å²) >= 11 is 0. The molecule has 1 heterocycles. The van der Waals surface area contributed by atoms with Crippen molar-refractivity contribution < 1.29 is 9.53 Å². The number of piperazine rings is 1. The number of carbonyl (C=O) groups excluding carboxylic acids is 1. The molecule has 1 aliphatic heterocycles. The van der Waals surface area contributed by atoms with Crippen LogP contribution < -0.4 is 10.1 Å². The van der Waals surface area contributed by atoms with Gasteiger partial charge in [-0.25, -0.2) is 0 Å². The Kier molecular flexibility index (Phi) is 8.08. The lowest BCUT2D eigenvalue weighted by Gasteiger charge is -2.34. The Morgan fingerprint density at radius 1 is 1.00 bits per heavy atom. The minimum atomic E-state index is 0.0826. The molecule has 1 aliphatic rings. The fraction of sp³-hybridized carbons (Fsp3) is 0.458. The molecule has 0 aromatic heterocycles. The van der Waals surface area contributed by atoms with Crippen LogP contribution >= 0.6 is 0 Å². The van der Waals surface area contributed by atoms with Crippen molar-refractivity contribution in [3.63, 3.8) is 0 Å². The van der Waals surface area contributed by atoms with Gasteiger partial charge in [0.15, 0.2) is 0 Å². The lowest BCUT2D eigenvalue weighted by molar-refractivity contribution is -0.121. The molecule has 0 aliphatic carbocycles. The second-order valence-corrected chi connectivity index (χ2v) is 7.61. The lowest BCUT2D eigenvalue weighted by atomic mass is 10.1. The Balaban J connectivity index is 1.48. The van der Waals surface area contributed by atoms with E-state index >= 15 is 0 Å². The van der Waals surface area contributed by atoms with Crippen molar-refractivity contribution in [1.82, 2.24) is 15.1 Å². The summed E-state index contributed by atoms with van der Waals surface area (Å²) in [5.74, 6) is 0.913. The standard InChI is InChI=1S/C24H33N3O2/c1-3-26-13-15-27(16-14-26)19-22-9-5-4-8-21(22)18-25-24(28)12-11-20-7-6-10-23(17-20)29-2/h4-10,17H,3,11-16,18-19H2,1-2H3,(H,25,28). The third-order valence-corrected chi connectivity index (χ3v) is 5.68. The predicted molar refractivity (Wildman–Crippen MR) is 117 cm³/mol. The highest BCUT2D eigenvalue weighted by Crippen LogP contribution is 2.15. The Bertz CT molecular complexity index is 785. The van der Waals surface area contributed by atoms with Crippen molar-refractivity contribution in [2.75, 3.05) is 39.8 Å². The highest BCUT2D eigenvalue weighted by Gasteiger charge is 2.16. The van der Waals surface area contributed by atoms with Crippen molar-refractivity contribution in [1.29, 1.82) is 0 Å². The van der Waals surface area contributed by atoms with Gasteiger partial charge in [-0.3, -0.25) is 9.69 Å². The molecule has 2 aromatic carbocycles. The molecule has 0 atom stereocenters. The third-order valence-electron chi connectivity index (χ3n) is 5.68. The highest BCUT2D eigenvalue weighted by atomic mass is 16.5. The summed E-state index contributed by atoms with van der Waals surface area (Å²) in [7, 11) is 1.66. The molecule has 0 saturated carbocycles. The van der Waals surface area contributed by atoms with Gasteiger partial charge in [0.25, 0.3) is 0 Å². The van der Waals surface area contributed by atoms with Crippen LogP contribution in [0.4, 0.5) is 0 Å². The number of carbonyl (C=O) groups is 1. The SMILES string of the molecule is CCN1CCN(Cc2ccccc2CNC(=O)CCc2cccc(OC)c2)CC1. The molecule has 156 valence electrons. The maximum absolute atomic E-state index is 12.4. The number of aryl methyl sites for hydroxylation is 1. The molecular formula is C24H33N3O2. The van der Waals surface area contributed by atoms with Crippen LogP contribution in [0, 0.1) is 0 Å². The summed E-state index contributed by atoms with van der Waals surface area (Å²) in [4.78, 5) is 17.4. The molecule has 1 amide bonds. The molecule has 29 heavy (non-hydrogen) atoms. The topological polar surface area (TPSA) is 44.8 Å². The zero-order valence-electron chi connectivity index (χ0n) is 17.7. The zero-order valence-corrected chi connectivity index (χ0v) is 17.7.